The number of halogens is 3. The third kappa shape index (κ3) is 7.28. The van der Waals surface area contributed by atoms with Crippen molar-refractivity contribution in [1.29, 1.82) is 0 Å². The van der Waals surface area contributed by atoms with Gasteiger partial charge in [0.15, 0.2) is 12.2 Å². The highest BCUT2D eigenvalue weighted by Crippen LogP contribution is 2.34. The summed E-state index contributed by atoms with van der Waals surface area (Å²) in [5.41, 5.74) is -5.87. The normalized spacial score (nSPS) is 20.7. The number of ether oxygens (including phenoxy) is 4. The van der Waals surface area contributed by atoms with Gasteiger partial charge in [0.05, 0.1) is 16.7 Å². The molecule has 3 aromatic carbocycles. The fraction of sp³-hybridized carbons (Fsp3) is 0.222. The number of benzene rings is 3. The van der Waals surface area contributed by atoms with Crippen molar-refractivity contribution in [2.75, 3.05) is 6.61 Å². The summed E-state index contributed by atoms with van der Waals surface area (Å²) in [6.45, 7) is -0.744. The zero-order chi connectivity index (χ0) is 29.6. The van der Waals surface area contributed by atoms with Gasteiger partial charge < -0.3 is 18.9 Å². The lowest BCUT2D eigenvalue weighted by Gasteiger charge is -2.24. The van der Waals surface area contributed by atoms with Crippen LogP contribution in [0.25, 0.3) is 0 Å². The van der Waals surface area contributed by atoms with E-state index >= 15 is 0 Å². The second-order valence-corrected chi connectivity index (χ2v) is 10.0. The smallest absolute Gasteiger partial charge is 0.459 e. The van der Waals surface area contributed by atoms with Gasteiger partial charge in [-0.2, -0.15) is 21.6 Å². The standard InChI is InChI=1S/C27H21F3O10S/c28-27(29,30)41(34,35)40-22-21(38-24(32)18-12-6-2-7-13-18)20(16-36-23(31)17-10-4-1-5-11-17)37-26(22)39-25(33)19-14-8-3-9-15-19/h1-15,20-22,26H,16H2/t20-,21-,22-,26-/m0/s1. The molecule has 1 saturated heterocycles. The average molecular weight is 595 g/mol. The summed E-state index contributed by atoms with van der Waals surface area (Å²) < 4.78 is 89.5. The number of alkyl halides is 3. The molecule has 216 valence electrons. The van der Waals surface area contributed by atoms with Gasteiger partial charge in [-0.15, -0.1) is 0 Å². The first-order valence-electron chi connectivity index (χ1n) is 11.9. The Bertz CT molecular complexity index is 1470. The lowest BCUT2D eigenvalue weighted by molar-refractivity contribution is -0.138. The largest absolute Gasteiger partial charge is 0.523 e. The Morgan fingerprint density at radius 2 is 1.12 bits per heavy atom. The molecule has 1 aliphatic heterocycles. The summed E-state index contributed by atoms with van der Waals surface area (Å²) in [6.07, 6.45) is -8.02. The first kappa shape index (κ1) is 29.7. The molecule has 1 aliphatic rings. The molecular weight excluding hydrogens is 573 g/mol. The number of hydrogen-bond donors (Lipinski definition) is 0. The van der Waals surface area contributed by atoms with E-state index < -0.39 is 64.7 Å². The van der Waals surface area contributed by atoms with Crippen LogP contribution in [0.15, 0.2) is 91.0 Å². The maximum absolute atomic E-state index is 13.3. The summed E-state index contributed by atoms with van der Waals surface area (Å²) in [7, 11) is -6.32. The predicted molar refractivity (Wildman–Crippen MR) is 133 cm³/mol. The highest BCUT2D eigenvalue weighted by molar-refractivity contribution is 7.87. The monoisotopic (exact) mass is 594 g/mol. The van der Waals surface area contributed by atoms with Crippen LogP contribution in [0.3, 0.4) is 0 Å². The molecule has 0 amide bonds. The average Bonchev–Trinajstić information content (AvgIpc) is 3.26. The number of hydrogen-bond acceptors (Lipinski definition) is 10. The molecule has 0 N–H and O–H groups in total. The van der Waals surface area contributed by atoms with Crippen LogP contribution < -0.4 is 0 Å². The Balaban J connectivity index is 1.66. The van der Waals surface area contributed by atoms with Gasteiger partial charge in [-0.05, 0) is 36.4 Å². The molecule has 0 unspecified atom stereocenters. The van der Waals surface area contributed by atoms with Gasteiger partial charge >= 0.3 is 33.5 Å². The van der Waals surface area contributed by atoms with Crippen LogP contribution in [-0.2, 0) is 33.2 Å². The van der Waals surface area contributed by atoms with Crippen molar-refractivity contribution in [2.45, 2.75) is 30.1 Å². The minimum atomic E-state index is -6.32. The Morgan fingerprint density at radius 3 is 1.59 bits per heavy atom. The molecule has 0 spiro atoms. The second-order valence-electron chi connectivity index (χ2n) is 8.48. The molecule has 14 heteroatoms. The van der Waals surface area contributed by atoms with Crippen LogP contribution >= 0.6 is 0 Å². The van der Waals surface area contributed by atoms with Gasteiger partial charge in [0.2, 0.25) is 6.29 Å². The first-order valence-corrected chi connectivity index (χ1v) is 13.3. The first-order chi connectivity index (χ1) is 19.5. The van der Waals surface area contributed by atoms with E-state index in [1.54, 1.807) is 30.3 Å². The van der Waals surface area contributed by atoms with Crippen LogP contribution in [0.5, 0.6) is 0 Å². The van der Waals surface area contributed by atoms with Crippen LogP contribution in [-0.4, -0.2) is 63.0 Å². The number of carbonyl (C=O) groups excluding carboxylic acids is 3. The van der Waals surface area contributed by atoms with Crippen molar-refractivity contribution >= 4 is 28.0 Å². The molecule has 10 nitrogen and oxygen atoms in total. The quantitative estimate of drug-likeness (QED) is 0.156. The molecular formula is C27H21F3O10S. The molecule has 0 bridgehead atoms. The van der Waals surface area contributed by atoms with Crippen molar-refractivity contribution in [1.82, 2.24) is 0 Å². The highest BCUT2D eigenvalue weighted by atomic mass is 32.2. The van der Waals surface area contributed by atoms with Crippen molar-refractivity contribution in [3.05, 3.63) is 108 Å². The third-order valence-corrected chi connectivity index (χ3v) is 6.70. The molecule has 0 saturated carbocycles. The fourth-order valence-electron chi connectivity index (χ4n) is 3.70. The molecule has 3 aromatic rings. The predicted octanol–water partition coefficient (Wildman–Crippen LogP) is 3.89. The van der Waals surface area contributed by atoms with Gasteiger partial charge in [0.25, 0.3) is 0 Å². The Labute approximate surface area is 231 Å². The molecule has 1 fully saturated rings. The fourth-order valence-corrected chi connectivity index (χ4v) is 4.30. The third-order valence-electron chi connectivity index (χ3n) is 5.66. The molecule has 4 atom stereocenters. The lowest BCUT2D eigenvalue weighted by atomic mass is 10.1. The van der Waals surface area contributed by atoms with E-state index in [1.165, 1.54) is 60.7 Å². The lowest BCUT2D eigenvalue weighted by Crippen LogP contribution is -2.44. The SMILES string of the molecule is O=C(OC[C@@H]1O[C@@H](OC(=O)c2ccccc2)[C@@H](OS(=O)(=O)C(F)(F)F)[C@H]1OC(=O)c1ccccc1)c1ccccc1. The minimum absolute atomic E-state index is 0.0466. The van der Waals surface area contributed by atoms with Crippen LogP contribution in [0.4, 0.5) is 13.2 Å². The van der Waals surface area contributed by atoms with E-state index in [2.05, 4.69) is 4.18 Å². The summed E-state index contributed by atoms with van der Waals surface area (Å²) in [6, 6.07) is 22.0. The molecule has 0 radical (unpaired) electrons. The van der Waals surface area contributed by atoms with E-state index in [9.17, 15) is 36.0 Å². The Hall–Kier alpha value is -4.27. The highest BCUT2D eigenvalue weighted by Gasteiger charge is 2.57. The van der Waals surface area contributed by atoms with E-state index in [1.807, 2.05) is 0 Å². The van der Waals surface area contributed by atoms with Gasteiger partial charge in [0, 0.05) is 0 Å². The van der Waals surface area contributed by atoms with Crippen LogP contribution in [0, 0.1) is 0 Å². The van der Waals surface area contributed by atoms with Crippen LogP contribution in [0.2, 0.25) is 0 Å². The van der Waals surface area contributed by atoms with E-state index in [0.29, 0.717) is 0 Å². The van der Waals surface area contributed by atoms with Crippen LogP contribution in [0.1, 0.15) is 31.1 Å². The van der Waals surface area contributed by atoms with Crippen molar-refractivity contribution in [3.63, 3.8) is 0 Å². The molecule has 41 heavy (non-hydrogen) atoms. The number of esters is 3. The Kier molecular flexibility index (Phi) is 9.05. The summed E-state index contributed by atoms with van der Waals surface area (Å²) >= 11 is 0. The molecule has 0 aliphatic carbocycles. The van der Waals surface area contributed by atoms with Gasteiger partial charge in [-0.3, -0.25) is 0 Å². The molecule has 4 rings (SSSR count). The van der Waals surface area contributed by atoms with E-state index in [4.69, 9.17) is 18.9 Å². The zero-order valence-electron chi connectivity index (χ0n) is 20.8. The maximum atomic E-state index is 13.3. The summed E-state index contributed by atoms with van der Waals surface area (Å²) in [4.78, 5) is 38.0. The van der Waals surface area contributed by atoms with Gasteiger partial charge in [0.1, 0.15) is 12.7 Å². The molecule has 0 aromatic heterocycles. The topological polar surface area (TPSA) is 132 Å². The van der Waals surface area contributed by atoms with E-state index in [0.717, 1.165) is 0 Å². The number of rotatable bonds is 9. The summed E-state index contributed by atoms with van der Waals surface area (Å²) in [5.74, 6) is -3.07. The van der Waals surface area contributed by atoms with E-state index in [-0.39, 0.29) is 16.7 Å². The summed E-state index contributed by atoms with van der Waals surface area (Å²) in [5, 5.41) is 0. The Morgan fingerprint density at radius 1 is 0.683 bits per heavy atom. The minimum Gasteiger partial charge on any atom is -0.459 e. The van der Waals surface area contributed by atoms with Gasteiger partial charge in [-0.25, -0.2) is 18.6 Å². The molecule has 1 heterocycles. The number of carbonyl (C=O) groups is 3. The van der Waals surface area contributed by atoms with Crippen molar-refractivity contribution < 1.29 is 59.1 Å². The zero-order valence-corrected chi connectivity index (χ0v) is 21.6. The second kappa shape index (κ2) is 12.5. The van der Waals surface area contributed by atoms with Gasteiger partial charge in [-0.1, -0.05) is 54.6 Å². The van der Waals surface area contributed by atoms with Crippen molar-refractivity contribution in [2.24, 2.45) is 0 Å². The maximum Gasteiger partial charge on any atom is 0.523 e. The van der Waals surface area contributed by atoms with Crippen molar-refractivity contribution in [3.8, 4) is 0 Å².